The maximum absolute atomic E-state index is 11.8. The van der Waals surface area contributed by atoms with Crippen LogP contribution in [0.1, 0.15) is 18.2 Å². The predicted molar refractivity (Wildman–Crippen MR) is 88.5 cm³/mol. The van der Waals surface area contributed by atoms with Crippen LogP contribution in [0.2, 0.25) is 0 Å². The molecule has 0 unspecified atom stereocenters. The van der Waals surface area contributed by atoms with E-state index in [-0.39, 0.29) is 13.0 Å². The normalized spacial score (nSPS) is 22.9. The number of ether oxygens (including phenoxy) is 3. The number of methoxy groups -OCH3 is 1. The minimum Gasteiger partial charge on any atom is -0.497 e. The van der Waals surface area contributed by atoms with E-state index in [0.29, 0.717) is 6.61 Å². The Morgan fingerprint density at radius 3 is 2.96 bits per heavy atom. The lowest BCUT2D eigenvalue weighted by molar-refractivity contribution is -0.0667. The minimum atomic E-state index is -0.755. The third-order valence-electron chi connectivity index (χ3n) is 4.05. The summed E-state index contributed by atoms with van der Waals surface area (Å²) in [4.78, 5) is 25.1. The van der Waals surface area contributed by atoms with Gasteiger partial charge in [0.25, 0.3) is 5.56 Å². The van der Waals surface area contributed by atoms with Gasteiger partial charge in [-0.25, -0.2) is 4.79 Å². The van der Waals surface area contributed by atoms with E-state index in [0.717, 1.165) is 11.3 Å². The van der Waals surface area contributed by atoms with Crippen molar-refractivity contribution in [3.05, 3.63) is 62.9 Å². The van der Waals surface area contributed by atoms with Crippen molar-refractivity contribution in [3.8, 4) is 5.75 Å². The van der Waals surface area contributed by atoms with Crippen LogP contribution in [0, 0.1) is 0 Å². The van der Waals surface area contributed by atoms with Crippen molar-refractivity contribution >= 4 is 0 Å². The Morgan fingerprint density at radius 2 is 2.20 bits per heavy atom. The first-order valence-electron chi connectivity index (χ1n) is 7.92. The molecule has 25 heavy (non-hydrogen) atoms. The Bertz CT molecular complexity index is 830. The molecule has 1 aromatic carbocycles. The van der Waals surface area contributed by atoms with Crippen molar-refractivity contribution in [1.29, 1.82) is 0 Å². The van der Waals surface area contributed by atoms with Gasteiger partial charge in [0.2, 0.25) is 0 Å². The number of nitrogens with zero attached hydrogens (tertiary/aromatic N) is 1. The van der Waals surface area contributed by atoms with Gasteiger partial charge in [-0.15, -0.1) is 0 Å². The summed E-state index contributed by atoms with van der Waals surface area (Å²) in [5, 5.41) is 10.1. The highest BCUT2D eigenvalue weighted by atomic mass is 16.6. The van der Waals surface area contributed by atoms with Gasteiger partial charge >= 0.3 is 5.69 Å². The summed E-state index contributed by atoms with van der Waals surface area (Å²) < 4.78 is 17.7. The van der Waals surface area contributed by atoms with Crippen molar-refractivity contribution in [2.75, 3.05) is 13.7 Å². The molecule has 1 aliphatic rings. The number of hydrogen-bond donors (Lipinski definition) is 2. The van der Waals surface area contributed by atoms with E-state index in [1.54, 1.807) is 7.11 Å². The van der Waals surface area contributed by atoms with Crippen molar-refractivity contribution in [2.45, 2.75) is 31.5 Å². The number of rotatable bonds is 6. The van der Waals surface area contributed by atoms with Crippen LogP contribution in [0.15, 0.2) is 46.1 Å². The van der Waals surface area contributed by atoms with E-state index >= 15 is 0 Å². The lowest BCUT2D eigenvalue weighted by Crippen LogP contribution is -2.31. The molecule has 0 bridgehead atoms. The summed E-state index contributed by atoms with van der Waals surface area (Å²) in [6.45, 7) is 0.542. The Hall–Kier alpha value is -2.42. The molecule has 0 radical (unpaired) electrons. The number of aliphatic hydroxyl groups excluding tert-OH is 1. The van der Waals surface area contributed by atoms with Crippen LogP contribution in [0.3, 0.4) is 0 Å². The van der Waals surface area contributed by atoms with Crippen LogP contribution in [0.4, 0.5) is 0 Å². The average molecular weight is 348 g/mol. The highest BCUT2D eigenvalue weighted by Crippen LogP contribution is 2.27. The van der Waals surface area contributed by atoms with Gasteiger partial charge in [0.05, 0.1) is 26.4 Å². The predicted octanol–water partition coefficient (Wildman–Crippen LogP) is 0.410. The van der Waals surface area contributed by atoms with Gasteiger partial charge < -0.3 is 19.3 Å². The van der Waals surface area contributed by atoms with Crippen molar-refractivity contribution in [1.82, 2.24) is 9.55 Å². The molecule has 1 aliphatic heterocycles. The molecule has 2 aromatic rings. The van der Waals surface area contributed by atoms with Crippen LogP contribution < -0.4 is 16.0 Å². The van der Waals surface area contributed by atoms with Crippen molar-refractivity contribution < 1.29 is 19.3 Å². The van der Waals surface area contributed by atoms with E-state index in [9.17, 15) is 14.7 Å². The molecule has 2 N–H and O–H groups in total. The zero-order valence-corrected chi connectivity index (χ0v) is 13.8. The number of hydrogen-bond acceptors (Lipinski definition) is 6. The summed E-state index contributed by atoms with van der Waals surface area (Å²) in [5.41, 5.74) is -0.0964. The third kappa shape index (κ3) is 4.16. The van der Waals surface area contributed by atoms with Gasteiger partial charge in [0.1, 0.15) is 18.1 Å². The molecule has 0 aliphatic carbocycles. The fourth-order valence-electron chi connectivity index (χ4n) is 2.75. The van der Waals surface area contributed by atoms with Crippen LogP contribution in [0.25, 0.3) is 0 Å². The number of aromatic amines is 1. The summed E-state index contributed by atoms with van der Waals surface area (Å²) in [7, 11) is 1.60. The van der Waals surface area contributed by atoms with E-state index in [4.69, 9.17) is 14.2 Å². The second-order valence-electron chi connectivity index (χ2n) is 5.82. The molecule has 8 heteroatoms. The second-order valence-corrected chi connectivity index (χ2v) is 5.82. The van der Waals surface area contributed by atoms with Gasteiger partial charge in [0, 0.05) is 18.7 Å². The van der Waals surface area contributed by atoms with E-state index in [1.165, 1.54) is 16.8 Å². The molecule has 1 aromatic heterocycles. The van der Waals surface area contributed by atoms with Gasteiger partial charge in [0.15, 0.2) is 0 Å². The largest absolute Gasteiger partial charge is 0.497 e. The SMILES string of the molecule is COc1cccc(COC[C@H]2O[C@@H](n3ccc(=O)[nH]c3=O)C[C@@H]2O)c1. The molecule has 0 spiro atoms. The van der Waals surface area contributed by atoms with Crippen LogP contribution in [0.5, 0.6) is 5.75 Å². The highest BCUT2D eigenvalue weighted by Gasteiger charge is 2.35. The summed E-state index contributed by atoms with van der Waals surface area (Å²) in [6.07, 6.45) is -0.328. The lowest BCUT2D eigenvalue weighted by atomic mass is 10.2. The highest BCUT2D eigenvalue weighted by molar-refractivity contribution is 5.27. The molecule has 1 saturated heterocycles. The Balaban J connectivity index is 1.57. The molecular formula is C17H20N2O6. The average Bonchev–Trinajstić information content (AvgIpc) is 2.95. The van der Waals surface area contributed by atoms with Gasteiger partial charge in [-0.2, -0.15) is 0 Å². The third-order valence-corrected chi connectivity index (χ3v) is 4.05. The molecular weight excluding hydrogens is 328 g/mol. The Morgan fingerprint density at radius 1 is 1.36 bits per heavy atom. The smallest absolute Gasteiger partial charge is 0.330 e. The van der Waals surface area contributed by atoms with E-state index in [2.05, 4.69) is 4.98 Å². The maximum atomic E-state index is 11.8. The number of nitrogens with one attached hydrogen (secondary N) is 1. The van der Waals surface area contributed by atoms with E-state index in [1.807, 2.05) is 24.3 Å². The fourth-order valence-corrected chi connectivity index (χ4v) is 2.75. The first-order valence-corrected chi connectivity index (χ1v) is 7.92. The molecule has 3 atom stereocenters. The summed E-state index contributed by atoms with van der Waals surface area (Å²) in [6, 6.07) is 8.74. The quantitative estimate of drug-likeness (QED) is 0.784. The summed E-state index contributed by atoms with van der Waals surface area (Å²) >= 11 is 0. The number of H-pyrrole nitrogens is 1. The molecule has 0 saturated carbocycles. The van der Waals surface area contributed by atoms with Crippen LogP contribution >= 0.6 is 0 Å². The van der Waals surface area contributed by atoms with Crippen LogP contribution in [-0.2, 0) is 16.1 Å². The zero-order valence-electron chi connectivity index (χ0n) is 13.8. The van der Waals surface area contributed by atoms with E-state index < -0.39 is 29.7 Å². The topological polar surface area (TPSA) is 103 Å². The summed E-state index contributed by atoms with van der Waals surface area (Å²) in [5.74, 6) is 0.746. The van der Waals surface area contributed by atoms with Gasteiger partial charge in [-0.1, -0.05) is 12.1 Å². The number of aromatic nitrogens is 2. The number of benzene rings is 1. The van der Waals surface area contributed by atoms with Crippen molar-refractivity contribution in [2.24, 2.45) is 0 Å². The molecule has 1 fully saturated rings. The molecule has 2 heterocycles. The lowest BCUT2D eigenvalue weighted by Gasteiger charge is -2.16. The second kappa shape index (κ2) is 7.64. The molecule has 8 nitrogen and oxygen atoms in total. The Kier molecular flexibility index (Phi) is 5.32. The van der Waals surface area contributed by atoms with Crippen molar-refractivity contribution in [3.63, 3.8) is 0 Å². The van der Waals surface area contributed by atoms with Gasteiger partial charge in [-0.3, -0.25) is 14.3 Å². The molecule has 3 rings (SSSR count). The van der Waals surface area contributed by atoms with Gasteiger partial charge in [-0.05, 0) is 17.7 Å². The standard InChI is InChI=1S/C17H20N2O6/c1-23-12-4-2-3-11(7-12)9-24-10-14-13(20)8-16(25-14)19-6-5-15(21)18-17(19)22/h2-7,13-14,16,20H,8-10H2,1H3,(H,18,21,22)/t13-,14+,16+/m0/s1. The number of aliphatic hydroxyl groups is 1. The first kappa shape index (κ1) is 17.4. The fraction of sp³-hybridized carbons (Fsp3) is 0.412. The molecule has 134 valence electrons. The van der Waals surface area contributed by atoms with Crippen LogP contribution in [-0.4, -0.2) is 40.6 Å². The Labute approximate surface area is 143 Å². The monoisotopic (exact) mass is 348 g/mol. The minimum absolute atomic E-state index is 0.187. The first-order chi connectivity index (χ1) is 12.1. The zero-order chi connectivity index (χ0) is 17.8. The molecule has 0 amide bonds. The maximum Gasteiger partial charge on any atom is 0.330 e.